The highest BCUT2D eigenvalue weighted by Crippen LogP contribution is 2.42. The number of carbonyl (C=O) groups excluding carboxylic acids is 1. The lowest BCUT2D eigenvalue weighted by Crippen LogP contribution is -2.20. The summed E-state index contributed by atoms with van der Waals surface area (Å²) in [7, 11) is 1.57. The number of aromatic nitrogens is 2. The number of methoxy groups -OCH3 is 1. The summed E-state index contributed by atoms with van der Waals surface area (Å²) in [6.07, 6.45) is 6.23. The number of anilines is 1. The second kappa shape index (κ2) is 7.44. The predicted octanol–water partition coefficient (Wildman–Crippen LogP) is 3.47. The lowest BCUT2D eigenvalue weighted by atomic mass is 10.2. The molecule has 6 nitrogen and oxygen atoms in total. The quantitative estimate of drug-likeness (QED) is 0.832. The summed E-state index contributed by atoms with van der Waals surface area (Å²) in [5.74, 6) is 1.37. The van der Waals surface area contributed by atoms with Crippen LogP contribution in [0, 0.1) is 0 Å². The van der Waals surface area contributed by atoms with Crippen molar-refractivity contribution in [2.75, 3.05) is 19.0 Å². The lowest BCUT2D eigenvalue weighted by molar-refractivity contribution is -0.118. The normalized spacial score (nSPS) is 13.9. The Morgan fingerprint density at radius 1 is 1.38 bits per heavy atom. The molecule has 0 saturated heterocycles. The minimum absolute atomic E-state index is 0.113. The number of amides is 1. The van der Waals surface area contributed by atoms with Gasteiger partial charge in [-0.15, -0.1) is 10.2 Å². The third-order valence-electron chi connectivity index (χ3n) is 3.52. The van der Waals surface area contributed by atoms with Crippen LogP contribution < -0.4 is 14.8 Å². The maximum absolute atomic E-state index is 12.0. The van der Waals surface area contributed by atoms with Crippen LogP contribution in [0.25, 0.3) is 6.08 Å². The number of carbonyl (C=O) groups is 1. The summed E-state index contributed by atoms with van der Waals surface area (Å²) in [5.41, 5.74) is 1.01. The summed E-state index contributed by atoms with van der Waals surface area (Å²) in [6.45, 7) is 1.83. The Bertz CT molecular complexity index is 753. The average molecular weight is 345 g/mol. The van der Waals surface area contributed by atoms with Gasteiger partial charge in [0.05, 0.1) is 7.11 Å². The minimum Gasteiger partial charge on any atom is -0.493 e. The summed E-state index contributed by atoms with van der Waals surface area (Å²) in [5, 5.41) is 12.3. The SMILES string of the molecule is C/C=C/c1ccc(OCC(=O)Nc2nnc(C3CC3)s2)c(OC)c1. The Hall–Kier alpha value is -2.41. The molecule has 1 aliphatic rings. The van der Waals surface area contributed by atoms with Crippen LogP contribution in [0.4, 0.5) is 5.13 Å². The van der Waals surface area contributed by atoms with Crippen molar-refractivity contribution in [3.05, 3.63) is 34.8 Å². The molecule has 0 unspecified atom stereocenters. The van der Waals surface area contributed by atoms with Gasteiger partial charge in [0.15, 0.2) is 18.1 Å². The molecule has 24 heavy (non-hydrogen) atoms. The number of allylic oxidation sites excluding steroid dienone is 1. The van der Waals surface area contributed by atoms with E-state index in [1.165, 1.54) is 11.3 Å². The summed E-state index contributed by atoms with van der Waals surface area (Å²) in [4.78, 5) is 12.0. The predicted molar refractivity (Wildman–Crippen MR) is 93.7 cm³/mol. The van der Waals surface area contributed by atoms with Crippen LogP contribution in [0.5, 0.6) is 11.5 Å². The van der Waals surface area contributed by atoms with E-state index in [1.54, 1.807) is 13.2 Å². The first-order valence-electron chi connectivity index (χ1n) is 7.76. The molecule has 1 aliphatic carbocycles. The van der Waals surface area contributed by atoms with Gasteiger partial charge in [-0.2, -0.15) is 0 Å². The van der Waals surface area contributed by atoms with E-state index in [-0.39, 0.29) is 12.5 Å². The fourth-order valence-electron chi connectivity index (χ4n) is 2.18. The first-order chi connectivity index (χ1) is 11.7. The Morgan fingerprint density at radius 3 is 2.92 bits per heavy atom. The number of nitrogens with one attached hydrogen (secondary N) is 1. The number of benzene rings is 1. The molecule has 0 bridgehead atoms. The maximum atomic E-state index is 12.0. The van der Waals surface area contributed by atoms with Crippen molar-refractivity contribution in [2.45, 2.75) is 25.7 Å². The summed E-state index contributed by atoms with van der Waals surface area (Å²) < 4.78 is 10.9. The number of rotatable bonds is 7. The van der Waals surface area contributed by atoms with E-state index in [0.717, 1.165) is 23.4 Å². The zero-order valence-electron chi connectivity index (χ0n) is 13.6. The van der Waals surface area contributed by atoms with Crippen molar-refractivity contribution < 1.29 is 14.3 Å². The monoisotopic (exact) mass is 345 g/mol. The third kappa shape index (κ3) is 4.11. The van der Waals surface area contributed by atoms with Crippen molar-refractivity contribution >= 4 is 28.5 Å². The van der Waals surface area contributed by atoms with Gasteiger partial charge in [0.25, 0.3) is 5.91 Å². The van der Waals surface area contributed by atoms with Crippen LogP contribution in [0.2, 0.25) is 0 Å². The fraction of sp³-hybridized carbons (Fsp3) is 0.353. The molecule has 1 aromatic carbocycles. The topological polar surface area (TPSA) is 73.3 Å². The van der Waals surface area contributed by atoms with Gasteiger partial charge in [0.2, 0.25) is 5.13 Å². The maximum Gasteiger partial charge on any atom is 0.264 e. The first kappa shape index (κ1) is 16.4. The molecule has 1 heterocycles. The first-order valence-corrected chi connectivity index (χ1v) is 8.58. The number of hydrogen-bond acceptors (Lipinski definition) is 6. The standard InChI is InChI=1S/C17H19N3O3S/c1-3-4-11-5-8-13(14(9-11)22-2)23-10-15(21)18-17-20-19-16(24-17)12-6-7-12/h3-5,8-9,12H,6-7,10H2,1-2H3,(H,18,20,21)/b4-3+. The molecule has 1 N–H and O–H groups in total. The van der Waals surface area contributed by atoms with E-state index >= 15 is 0 Å². The Morgan fingerprint density at radius 2 is 2.21 bits per heavy atom. The number of nitrogens with zero attached hydrogens (tertiary/aromatic N) is 2. The lowest BCUT2D eigenvalue weighted by Gasteiger charge is -2.10. The molecule has 3 rings (SSSR count). The van der Waals surface area contributed by atoms with Gasteiger partial charge >= 0.3 is 0 Å². The van der Waals surface area contributed by atoms with Gasteiger partial charge < -0.3 is 9.47 Å². The Kier molecular flexibility index (Phi) is 5.10. The van der Waals surface area contributed by atoms with Gasteiger partial charge in [0, 0.05) is 5.92 Å². The molecular weight excluding hydrogens is 326 g/mol. The van der Waals surface area contributed by atoms with E-state index in [1.807, 2.05) is 31.2 Å². The van der Waals surface area contributed by atoms with Crippen molar-refractivity contribution in [3.8, 4) is 11.5 Å². The van der Waals surface area contributed by atoms with Gasteiger partial charge in [-0.3, -0.25) is 10.1 Å². The zero-order chi connectivity index (χ0) is 16.9. The molecule has 7 heteroatoms. The Labute approximate surface area is 144 Å². The third-order valence-corrected chi connectivity index (χ3v) is 4.52. The average Bonchev–Trinajstić information content (AvgIpc) is 3.34. The van der Waals surface area contributed by atoms with Crippen LogP contribution >= 0.6 is 11.3 Å². The van der Waals surface area contributed by atoms with Crippen LogP contribution in [0.1, 0.15) is 36.3 Å². The zero-order valence-corrected chi connectivity index (χ0v) is 14.4. The molecule has 126 valence electrons. The molecule has 0 atom stereocenters. The van der Waals surface area contributed by atoms with Gasteiger partial charge in [-0.05, 0) is 37.5 Å². The number of ether oxygens (including phenoxy) is 2. The van der Waals surface area contributed by atoms with Crippen molar-refractivity contribution in [2.24, 2.45) is 0 Å². The van der Waals surface area contributed by atoms with Gasteiger partial charge in [-0.25, -0.2) is 0 Å². The molecule has 2 aromatic rings. The largest absolute Gasteiger partial charge is 0.493 e. The van der Waals surface area contributed by atoms with Crippen LogP contribution in [0.3, 0.4) is 0 Å². The van der Waals surface area contributed by atoms with Crippen molar-refractivity contribution in [1.29, 1.82) is 0 Å². The molecular formula is C17H19N3O3S. The minimum atomic E-state index is -0.270. The highest BCUT2D eigenvalue weighted by Gasteiger charge is 2.27. The van der Waals surface area contributed by atoms with Crippen LogP contribution in [-0.4, -0.2) is 29.8 Å². The fourth-order valence-corrected chi connectivity index (χ4v) is 3.11. The summed E-state index contributed by atoms with van der Waals surface area (Å²) in [6, 6.07) is 5.56. The van der Waals surface area contributed by atoms with Gasteiger partial charge in [-0.1, -0.05) is 29.6 Å². The highest BCUT2D eigenvalue weighted by atomic mass is 32.1. The molecule has 1 aromatic heterocycles. The molecule has 1 fully saturated rings. The van der Waals surface area contributed by atoms with Crippen LogP contribution in [-0.2, 0) is 4.79 Å². The second-order valence-corrected chi connectivity index (χ2v) is 6.48. The molecule has 1 amide bonds. The van der Waals surface area contributed by atoms with Crippen molar-refractivity contribution in [3.63, 3.8) is 0 Å². The molecule has 0 spiro atoms. The second-order valence-electron chi connectivity index (χ2n) is 5.47. The summed E-state index contributed by atoms with van der Waals surface area (Å²) >= 11 is 1.43. The Balaban J connectivity index is 1.56. The highest BCUT2D eigenvalue weighted by molar-refractivity contribution is 7.15. The van der Waals surface area contributed by atoms with E-state index in [2.05, 4.69) is 15.5 Å². The van der Waals surface area contributed by atoms with E-state index in [9.17, 15) is 4.79 Å². The van der Waals surface area contributed by atoms with E-state index in [4.69, 9.17) is 9.47 Å². The molecule has 0 radical (unpaired) electrons. The van der Waals surface area contributed by atoms with E-state index in [0.29, 0.717) is 22.5 Å². The van der Waals surface area contributed by atoms with E-state index < -0.39 is 0 Å². The van der Waals surface area contributed by atoms with Gasteiger partial charge in [0.1, 0.15) is 5.01 Å². The van der Waals surface area contributed by atoms with Crippen molar-refractivity contribution in [1.82, 2.24) is 10.2 Å². The number of hydrogen-bond donors (Lipinski definition) is 1. The van der Waals surface area contributed by atoms with Crippen LogP contribution in [0.15, 0.2) is 24.3 Å². The smallest absolute Gasteiger partial charge is 0.264 e. The molecule has 0 aliphatic heterocycles. The molecule has 1 saturated carbocycles.